The number of hydrogen-bond acceptors (Lipinski definition) is 2. The molecule has 3 heteroatoms. The molecule has 0 unspecified atom stereocenters. The first kappa shape index (κ1) is 8.94. The molecule has 0 saturated heterocycles. The van der Waals surface area contributed by atoms with Gasteiger partial charge in [0.2, 0.25) is 0 Å². The number of imidazole rings is 1. The van der Waals surface area contributed by atoms with Gasteiger partial charge in [-0.15, -0.1) is 0 Å². The maximum atomic E-state index is 10.5. The predicted octanol–water partition coefficient (Wildman–Crippen LogP) is 2.10. The second-order valence-corrected chi connectivity index (χ2v) is 3.33. The van der Waals surface area contributed by atoms with E-state index < -0.39 is 0 Å². The van der Waals surface area contributed by atoms with Gasteiger partial charge < -0.3 is 4.40 Å². The van der Waals surface area contributed by atoms with Gasteiger partial charge in [0.15, 0.2) is 0 Å². The first-order valence-electron chi connectivity index (χ1n) is 4.76. The summed E-state index contributed by atoms with van der Waals surface area (Å²) in [6.45, 7) is 2.13. The van der Waals surface area contributed by atoms with Crippen molar-refractivity contribution in [3.8, 4) is 0 Å². The van der Waals surface area contributed by atoms with Gasteiger partial charge in [-0.1, -0.05) is 13.3 Å². The quantitative estimate of drug-likeness (QED) is 0.691. The topological polar surface area (TPSA) is 34.4 Å². The van der Waals surface area contributed by atoms with Crippen molar-refractivity contribution in [1.29, 1.82) is 0 Å². The van der Waals surface area contributed by atoms with Gasteiger partial charge in [-0.2, -0.15) is 0 Å². The van der Waals surface area contributed by atoms with Crippen molar-refractivity contribution < 1.29 is 4.79 Å². The number of aromatic nitrogens is 2. The molecule has 0 aliphatic rings. The van der Waals surface area contributed by atoms with Crippen LogP contribution in [0.3, 0.4) is 0 Å². The Balaban J connectivity index is 2.48. The van der Waals surface area contributed by atoms with Crippen LogP contribution in [0.2, 0.25) is 0 Å². The van der Waals surface area contributed by atoms with E-state index in [1.807, 2.05) is 16.8 Å². The van der Waals surface area contributed by atoms with Crippen molar-refractivity contribution in [2.45, 2.75) is 19.8 Å². The van der Waals surface area contributed by atoms with Gasteiger partial charge in [-0.3, -0.25) is 4.79 Å². The van der Waals surface area contributed by atoms with Crippen LogP contribution >= 0.6 is 0 Å². The molecule has 3 nitrogen and oxygen atoms in total. The third-order valence-corrected chi connectivity index (χ3v) is 2.18. The van der Waals surface area contributed by atoms with Crippen LogP contribution in [-0.2, 0) is 6.42 Å². The molecular formula is C11H12N2O. The predicted molar refractivity (Wildman–Crippen MR) is 54.6 cm³/mol. The van der Waals surface area contributed by atoms with Crippen LogP contribution in [0, 0.1) is 0 Å². The lowest BCUT2D eigenvalue weighted by molar-refractivity contribution is 0.112. The number of carbonyl (C=O) groups is 1. The molecule has 2 heterocycles. The van der Waals surface area contributed by atoms with E-state index in [1.54, 1.807) is 12.1 Å². The van der Waals surface area contributed by atoms with Crippen molar-refractivity contribution in [2.24, 2.45) is 0 Å². The Labute approximate surface area is 82.4 Å². The summed E-state index contributed by atoms with van der Waals surface area (Å²) in [5, 5.41) is 0. The highest BCUT2D eigenvalue weighted by molar-refractivity contribution is 5.76. The molecule has 0 aliphatic heterocycles. The summed E-state index contributed by atoms with van der Waals surface area (Å²) >= 11 is 0. The van der Waals surface area contributed by atoms with Crippen molar-refractivity contribution >= 4 is 11.9 Å². The number of aldehydes is 1. The Kier molecular flexibility index (Phi) is 2.31. The molecule has 0 bridgehead atoms. The Morgan fingerprint density at radius 3 is 3.14 bits per heavy atom. The molecule has 14 heavy (non-hydrogen) atoms. The number of hydrogen-bond donors (Lipinski definition) is 0. The summed E-state index contributed by atoms with van der Waals surface area (Å²) in [7, 11) is 0. The summed E-state index contributed by atoms with van der Waals surface area (Å²) < 4.78 is 1.94. The molecule has 72 valence electrons. The normalized spacial score (nSPS) is 10.6. The highest BCUT2D eigenvalue weighted by atomic mass is 16.1. The molecule has 0 aromatic carbocycles. The Bertz CT molecular complexity index is 459. The minimum Gasteiger partial charge on any atom is -0.307 e. The zero-order valence-electron chi connectivity index (χ0n) is 8.10. The summed E-state index contributed by atoms with van der Waals surface area (Å²) in [5.41, 5.74) is 2.60. The second kappa shape index (κ2) is 3.62. The maximum absolute atomic E-state index is 10.5. The van der Waals surface area contributed by atoms with E-state index in [4.69, 9.17) is 0 Å². The lowest BCUT2D eigenvalue weighted by atomic mass is 10.3. The van der Waals surface area contributed by atoms with Crippen molar-refractivity contribution in [1.82, 2.24) is 9.38 Å². The van der Waals surface area contributed by atoms with Crippen LogP contribution < -0.4 is 0 Å². The minimum absolute atomic E-state index is 0.672. The van der Waals surface area contributed by atoms with Gasteiger partial charge in [-0.25, -0.2) is 4.98 Å². The highest BCUT2D eigenvalue weighted by Gasteiger charge is 2.00. The SMILES string of the molecule is CCCc1cn2ccc(C=O)cc2n1. The highest BCUT2D eigenvalue weighted by Crippen LogP contribution is 2.08. The maximum Gasteiger partial charge on any atom is 0.150 e. The third kappa shape index (κ3) is 1.53. The van der Waals surface area contributed by atoms with E-state index in [0.717, 1.165) is 30.5 Å². The molecule has 0 radical (unpaired) electrons. The molecule has 0 fully saturated rings. The first-order valence-corrected chi connectivity index (χ1v) is 4.76. The van der Waals surface area contributed by atoms with E-state index in [0.29, 0.717) is 5.56 Å². The van der Waals surface area contributed by atoms with Crippen LogP contribution in [0.1, 0.15) is 29.4 Å². The third-order valence-electron chi connectivity index (χ3n) is 2.18. The monoisotopic (exact) mass is 188 g/mol. The fourth-order valence-corrected chi connectivity index (χ4v) is 1.50. The smallest absolute Gasteiger partial charge is 0.150 e. The van der Waals surface area contributed by atoms with Crippen LogP contribution in [0.5, 0.6) is 0 Å². The van der Waals surface area contributed by atoms with Crippen molar-refractivity contribution in [3.63, 3.8) is 0 Å². The van der Waals surface area contributed by atoms with E-state index in [9.17, 15) is 4.79 Å². The Morgan fingerprint density at radius 1 is 1.57 bits per heavy atom. The van der Waals surface area contributed by atoms with Crippen molar-refractivity contribution in [2.75, 3.05) is 0 Å². The molecule has 0 N–H and O–H groups in total. The zero-order valence-corrected chi connectivity index (χ0v) is 8.10. The van der Waals surface area contributed by atoms with Gasteiger partial charge in [-0.05, 0) is 18.6 Å². The average Bonchev–Trinajstić information content (AvgIpc) is 2.59. The Morgan fingerprint density at radius 2 is 2.43 bits per heavy atom. The zero-order chi connectivity index (χ0) is 9.97. The summed E-state index contributed by atoms with van der Waals surface area (Å²) in [4.78, 5) is 15.0. The van der Waals surface area contributed by atoms with Gasteiger partial charge in [0.25, 0.3) is 0 Å². The number of pyridine rings is 1. The lowest BCUT2D eigenvalue weighted by Gasteiger charge is -1.91. The molecule has 2 aromatic rings. The fraction of sp³-hybridized carbons (Fsp3) is 0.273. The van der Waals surface area contributed by atoms with Crippen LogP contribution in [0.4, 0.5) is 0 Å². The lowest BCUT2D eigenvalue weighted by Crippen LogP contribution is -1.85. The largest absolute Gasteiger partial charge is 0.307 e. The van der Waals surface area contributed by atoms with Crippen molar-refractivity contribution in [3.05, 3.63) is 35.8 Å². The van der Waals surface area contributed by atoms with Gasteiger partial charge in [0.1, 0.15) is 11.9 Å². The molecule has 0 amide bonds. The number of fused-ring (bicyclic) bond motifs is 1. The van der Waals surface area contributed by atoms with E-state index in [2.05, 4.69) is 11.9 Å². The summed E-state index contributed by atoms with van der Waals surface area (Å²) in [6.07, 6.45) is 6.79. The molecule has 0 saturated carbocycles. The molecule has 0 spiro atoms. The van der Waals surface area contributed by atoms with E-state index >= 15 is 0 Å². The molecule has 0 aliphatic carbocycles. The number of nitrogens with zero attached hydrogens (tertiary/aromatic N) is 2. The van der Waals surface area contributed by atoms with Crippen LogP contribution in [0.25, 0.3) is 5.65 Å². The second-order valence-electron chi connectivity index (χ2n) is 3.33. The molecule has 0 atom stereocenters. The summed E-state index contributed by atoms with van der Waals surface area (Å²) in [6, 6.07) is 3.59. The molecular weight excluding hydrogens is 176 g/mol. The first-order chi connectivity index (χ1) is 6.83. The average molecular weight is 188 g/mol. The van der Waals surface area contributed by atoms with E-state index in [-0.39, 0.29) is 0 Å². The van der Waals surface area contributed by atoms with Crippen LogP contribution in [0.15, 0.2) is 24.5 Å². The fourth-order valence-electron chi connectivity index (χ4n) is 1.50. The summed E-state index contributed by atoms with van der Waals surface area (Å²) in [5.74, 6) is 0. The number of carbonyl (C=O) groups excluding carboxylic acids is 1. The Hall–Kier alpha value is -1.64. The van der Waals surface area contributed by atoms with Gasteiger partial charge in [0.05, 0.1) is 5.69 Å². The van der Waals surface area contributed by atoms with Gasteiger partial charge in [0, 0.05) is 18.0 Å². The molecule has 2 rings (SSSR count). The number of aryl methyl sites for hydroxylation is 1. The van der Waals surface area contributed by atoms with E-state index in [1.165, 1.54) is 0 Å². The number of rotatable bonds is 3. The van der Waals surface area contributed by atoms with Gasteiger partial charge >= 0.3 is 0 Å². The standard InChI is InChI=1S/C11H12N2O/c1-2-3-10-7-13-5-4-9(8-14)6-11(13)12-10/h4-8H,2-3H2,1H3. The molecule has 2 aromatic heterocycles. The van der Waals surface area contributed by atoms with Crippen LogP contribution in [-0.4, -0.2) is 15.7 Å². The minimum atomic E-state index is 0.672.